The molecule has 9 nitrogen and oxygen atoms in total. The number of hydrogen-bond donors (Lipinski definition) is 1. The maximum Gasteiger partial charge on any atom is 0.332 e. The molecule has 0 aromatic carbocycles. The van der Waals surface area contributed by atoms with E-state index in [1.807, 2.05) is 4.90 Å². The maximum absolute atomic E-state index is 12.5. The van der Waals surface area contributed by atoms with Gasteiger partial charge in [-0.25, -0.2) is 4.79 Å². The molecule has 1 N–H and O–H groups in total. The number of likely N-dealkylation sites (N-methyl/N-ethyl adjacent to an activating group) is 1. The maximum atomic E-state index is 12.5. The van der Waals surface area contributed by atoms with E-state index in [2.05, 4.69) is 22.0 Å². The Balaban J connectivity index is 1.40. The van der Waals surface area contributed by atoms with Crippen LogP contribution in [0.3, 0.4) is 0 Å². The number of carbonyl (C=O) groups is 1. The van der Waals surface area contributed by atoms with Crippen LogP contribution in [0.2, 0.25) is 0 Å². The van der Waals surface area contributed by atoms with Gasteiger partial charge in [-0.05, 0) is 32.4 Å². The first-order chi connectivity index (χ1) is 14.4. The Morgan fingerprint density at radius 1 is 1.00 bits per heavy atom. The Morgan fingerprint density at radius 3 is 2.27 bits per heavy atom. The summed E-state index contributed by atoms with van der Waals surface area (Å²) in [7, 11) is 3.16. The second kappa shape index (κ2) is 10.3. The minimum Gasteiger partial charge on any atom is -0.358 e. The van der Waals surface area contributed by atoms with Crippen molar-refractivity contribution >= 4 is 11.7 Å². The molecule has 2 aliphatic heterocycles. The van der Waals surface area contributed by atoms with Gasteiger partial charge in [0, 0.05) is 71.9 Å². The lowest BCUT2D eigenvalue weighted by Gasteiger charge is -2.34. The van der Waals surface area contributed by atoms with Crippen molar-refractivity contribution in [3.8, 4) is 0 Å². The van der Waals surface area contributed by atoms with Crippen LogP contribution in [0.15, 0.2) is 15.7 Å². The third kappa shape index (κ3) is 5.31. The first kappa shape index (κ1) is 22.6. The van der Waals surface area contributed by atoms with Crippen molar-refractivity contribution in [2.24, 2.45) is 20.0 Å². The van der Waals surface area contributed by atoms with Crippen LogP contribution in [-0.4, -0.2) is 83.7 Å². The van der Waals surface area contributed by atoms with E-state index >= 15 is 0 Å². The van der Waals surface area contributed by atoms with Crippen molar-refractivity contribution in [3.05, 3.63) is 26.9 Å². The zero-order valence-electron chi connectivity index (χ0n) is 18.6. The van der Waals surface area contributed by atoms with Gasteiger partial charge in [0.15, 0.2) is 0 Å². The summed E-state index contributed by atoms with van der Waals surface area (Å²) >= 11 is 0. The lowest BCUT2D eigenvalue weighted by atomic mass is 9.96. The monoisotopic (exact) mass is 420 g/mol. The van der Waals surface area contributed by atoms with Crippen LogP contribution in [0.25, 0.3) is 0 Å². The highest BCUT2D eigenvalue weighted by Gasteiger charge is 2.26. The summed E-state index contributed by atoms with van der Waals surface area (Å²) in [5, 5.41) is 3.10. The van der Waals surface area contributed by atoms with Crippen molar-refractivity contribution in [1.29, 1.82) is 0 Å². The number of hydrogen-bond acceptors (Lipinski definition) is 6. The van der Waals surface area contributed by atoms with Crippen LogP contribution < -0.4 is 21.5 Å². The summed E-state index contributed by atoms with van der Waals surface area (Å²) in [6.45, 7) is 10.9. The fraction of sp³-hybridized carbons (Fsp3) is 0.762. The molecule has 1 aromatic rings. The van der Waals surface area contributed by atoms with Crippen LogP contribution in [0.4, 0.5) is 5.82 Å². The Kier molecular flexibility index (Phi) is 7.71. The van der Waals surface area contributed by atoms with Gasteiger partial charge in [0.25, 0.3) is 5.56 Å². The summed E-state index contributed by atoms with van der Waals surface area (Å²) in [4.78, 5) is 43.6. The lowest BCUT2D eigenvalue weighted by Crippen LogP contribution is -2.47. The molecular weight excluding hydrogens is 384 g/mol. The molecule has 1 aromatic heterocycles. The highest BCUT2D eigenvalue weighted by atomic mass is 16.2. The van der Waals surface area contributed by atoms with Gasteiger partial charge in [0.2, 0.25) is 5.91 Å². The summed E-state index contributed by atoms with van der Waals surface area (Å²) < 4.78 is 2.61. The molecule has 0 bridgehead atoms. The average molecular weight is 421 g/mol. The molecule has 0 radical (unpaired) electrons. The van der Waals surface area contributed by atoms with Crippen LogP contribution in [0.1, 0.15) is 26.2 Å². The SMILES string of the molecule is CCN1CCN(CCCNC(=O)C2CCN(c3cc(=O)n(C)c(=O)n3C)CC2)CC1. The molecule has 2 aliphatic rings. The summed E-state index contributed by atoms with van der Waals surface area (Å²) in [6.07, 6.45) is 2.44. The van der Waals surface area contributed by atoms with Crippen molar-refractivity contribution in [2.45, 2.75) is 26.2 Å². The second-order valence-electron chi connectivity index (χ2n) is 8.42. The normalized spacial score (nSPS) is 19.2. The van der Waals surface area contributed by atoms with E-state index < -0.39 is 0 Å². The van der Waals surface area contributed by atoms with Gasteiger partial charge >= 0.3 is 5.69 Å². The summed E-state index contributed by atoms with van der Waals surface area (Å²) in [5.74, 6) is 0.756. The standard InChI is InChI=1S/C21H36N6O3/c1-4-25-12-14-26(15-13-25)9-5-8-22-20(29)17-6-10-27(11-7-17)18-16-19(28)24(3)21(30)23(18)2/h16-17H,4-15H2,1-3H3,(H,22,29). The van der Waals surface area contributed by atoms with Gasteiger partial charge in [-0.15, -0.1) is 0 Å². The van der Waals surface area contributed by atoms with E-state index in [-0.39, 0.29) is 23.1 Å². The number of aromatic nitrogens is 2. The second-order valence-corrected chi connectivity index (χ2v) is 8.42. The average Bonchev–Trinajstić information content (AvgIpc) is 2.78. The predicted molar refractivity (Wildman–Crippen MR) is 118 cm³/mol. The highest BCUT2D eigenvalue weighted by Crippen LogP contribution is 2.21. The molecular formula is C21H36N6O3. The summed E-state index contributed by atoms with van der Waals surface area (Å²) in [5.41, 5.74) is -0.627. The van der Waals surface area contributed by atoms with E-state index in [0.29, 0.717) is 18.9 Å². The predicted octanol–water partition coefficient (Wildman–Crippen LogP) is -0.556. The van der Waals surface area contributed by atoms with Gasteiger partial charge in [-0.1, -0.05) is 6.92 Å². The number of piperidine rings is 1. The molecule has 9 heteroatoms. The Bertz CT molecular complexity index is 832. The first-order valence-corrected chi connectivity index (χ1v) is 11.1. The van der Waals surface area contributed by atoms with Crippen molar-refractivity contribution < 1.29 is 4.79 Å². The van der Waals surface area contributed by atoms with Crippen LogP contribution in [0.5, 0.6) is 0 Å². The number of nitrogens with one attached hydrogen (secondary N) is 1. The van der Waals surface area contributed by atoms with Crippen molar-refractivity contribution in [2.75, 3.05) is 63.8 Å². The van der Waals surface area contributed by atoms with Crippen LogP contribution in [0, 0.1) is 5.92 Å². The van der Waals surface area contributed by atoms with E-state index in [0.717, 1.165) is 69.6 Å². The number of anilines is 1. The Labute approximate surface area is 178 Å². The topological polar surface area (TPSA) is 82.8 Å². The molecule has 2 fully saturated rings. The molecule has 0 spiro atoms. The third-order valence-electron chi connectivity index (χ3n) is 6.55. The minimum atomic E-state index is -0.325. The van der Waals surface area contributed by atoms with Crippen molar-refractivity contribution in [3.63, 3.8) is 0 Å². The van der Waals surface area contributed by atoms with Gasteiger partial charge in [-0.2, -0.15) is 0 Å². The quantitative estimate of drug-likeness (QED) is 0.596. The van der Waals surface area contributed by atoms with Gasteiger partial charge in [-0.3, -0.25) is 18.7 Å². The number of amides is 1. The zero-order chi connectivity index (χ0) is 21.7. The third-order valence-corrected chi connectivity index (χ3v) is 6.55. The Morgan fingerprint density at radius 2 is 1.63 bits per heavy atom. The molecule has 1 amide bonds. The highest BCUT2D eigenvalue weighted by molar-refractivity contribution is 5.78. The van der Waals surface area contributed by atoms with E-state index in [4.69, 9.17) is 0 Å². The number of piperazine rings is 1. The fourth-order valence-corrected chi connectivity index (χ4v) is 4.38. The van der Waals surface area contributed by atoms with Gasteiger partial charge in [0.1, 0.15) is 5.82 Å². The lowest BCUT2D eigenvalue weighted by molar-refractivity contribution is -0.125. The molecule has 3 rings (SSSR count). The number of nitrogens with zero attached hydrogens (tertiary/aromatic N) is 5. The molecule has 0 saturated carbocycles. The van der Waals surface area contributed by atoms with Crippen LogP contribution in [-0.2, 0) is 18.9 Å². The molecule has 0 aliphatic carbocycles. The Hall–Kier alpha value is -2.13. The van der Waals surface area contributed by atoms with E-state index in [1.54, 1.807) is 7.05 Å². The smallest absolute Gasteiger partial charge is 0.332 e. The van der Waals surface area contributed by atoms with E-state index in [1.165, 1.54) is 17.7 Å². The zero-order valence-corrected chi connectivity index (χ0v) is 18.6. The minimum absolute atomic E-state index is 0.00192. The van der Waals surface area contributed by atoms with Gasteiger partial charge in [0.05, 0.1) is 0 Å². The van der Waals surface area contributed by atoms with E-state index in [9.17, 15) is 14.4 Å². The first-order valence-electron chi connectivity index (χ1n) is 11.1. The molecule has 2 saturated heterocycles. The molecule has 168 valence electrons. The molecule has 0 unspecified atom stereocenters. The molecule has 0 atom stereocenters. The van der Waals surface area contributed by atoms with Crippen LogP contribution >= 0.6 is 0 Å². The number of rotatable bonds is 7. The van der Waals surface area contributed by atoms with Crippen molar-refractivity contribution in [1.82, 2.24) is 24.3 Å². The molecule has 3 heterocycles. The number of carbonyl (C=O) groups excluding carboxylic acids is 1. The fourth-order valence-electron chi connectivity index (χ4n) is 4.38. The molecule has 30 heavy (non-hydrogen) atoms. The van der Waals surface area contributed by atoms with Gasteiger partial charge < -0.3 is 20.0 Å². The largest absolute Gasteiger partial charge is 0.358 e. The summed E-state index contributed by atoms with van der Waals surface area (Å²) in [6, 6.07) is 1.50.